The molecule has 1 fully saturated rings. The van der Waals surface area contributed by atoms with Crippen LogP contribution in [0.4, 0.5) is 4.39 Å². The van der Waals surface area contributed by atoms with Crippen LogP contribution in [-0.2, 0) is 16.4 Å². The summed E-state index contributed by atoms with van der Waals surface area (Å²) in [7, 11) is -3.86. The van der Waals surface area contributed by atoms with Crippen molar-refractivity contribution in [3.63, 3.8) is 0 Å². The van der Waals surface area contributed by atoms with Gasteiger partial charge < -0.3 is 0 Å². The number of benzene rings is 1. The predicted molar refractivity (Wildman–Crippen MR) is 128 cm³/mol. The number of piperidine rings is 1. The molecule has 6 rings (SSSR count). The molecule has 182 valence electrons. The van der Waals surface area contributed by atoms with Gasteiger partial charge in [0.2, 0.25) is 10.0 Å². The van der Waals surface area contributed by atoms with Crippen LogP contribution in [0.2, 0.25) is 0 Å². The number of hydrogen-bond acceptors (Lipinski definition) is 6. The molecule has 0 amide bonds. The molecule has 1 atom stereocenters. The number of nitrogens with zero attached hydrogens (tertiary/aromatic N) is 5. The molecule has 1 aliphatic carbocycles. The van der Waals surface area contributed by atoms with E-state index in [0.717, 1.165) is 16.8 Å². The van der Waals surface area contributed by atoms with Gasteiger partial charge in [-0.3, -0.25) is 14.9 Å². The van der Waals surface area contributed by atoms with Gasteiger partial charge in [0.05, 0.1) is 29.2 Å². The van der Waals surface area contributed by atoms with E-state index in [4.69, 9.17) is 0 Å². The van der Waals surface area contributed by atoms with E-state index in [9.17, 15) is 17.6 Å². The minimum atomic E-state index is -3.86. The molecule has 1 saturated heterocycles. The first kappa shape index (κ1) is 22.5. The zero-order valence-electron chi connectivity index (χ0n) is 19.0. The van der Waals surface area contributed by atoms with Crippen LogP contribution in [-0.4, -0.2) is 56.6 Å². The van der Waals surface area contributed by atoms with Crippen LogP contribution < -0.4 is 0 Å². The Hall–Kier alpha value is -3.96. The summed E-state index contributed by atoms with van der Waals surface area (Å²) in [5, 5.41) is 10.8. The number of sulfonamides is 1. The quantitative estimate of drug-likeness (QED) is 0.418. The average molecular weight is 505 g/mol. The number of hydrogen-bond donors (Lipinski definition) is 1. The van der Waals surface area contributed by atoms with Gasteiger partial charge in [-0.1, -0.05) is 11.6 Å². The molecule has 2 aliphatic rings. The third-order valence-electron chi connectivity index (χ3n) is 6.90. The Balaban J connectivity index is 1.46. The number of fused-ring (bicyclic) bond motifs is 2. The lowest BCUT2D eigenvalue weighted by Gasteiger charge is -2.44. The molecule has 4 aromatic rings. The molecule has 0 radical (unpaired) electrons. The highest BCUT2D eigenvalue weighted by Gasteiger charge is 2.51. The fourth-order valence-electron chi connectivity index (χ4n) is 5.08. The summed E-state index contributed by atoms with van der Waals surface area (Å²) in [6.07, 6.45) is 8.39. The van der Waals surface area contributed by atoms with Crippen molar-refractivity contribution in [3.8, 4) is 5.69 Å². The van der Waals surface area contributed by atoms with Crippen LogP contribution in [0.15, 0.2) is 77.7 Å². The Bertz CT molecular complexity index is 1580. The van der Waals surface area contributed by atoms with Crippen LogP contribution in [0, 0.1) is 11.2 Å². The molecule has 0 spiro atoms. The molecule has 1 aromatic carbocycles. The molecule has 1 aliphatic heterocycles. The number of pyridine rings is 1. The first-order valence-electron chi connectivity index (χ1n) is 11.4. The number of rotatable bonds is 5. The number of aromatic amines is 1. The van der Waals surface area contributed by atoms with E-state index in [-0.39, 0.29) is 41.7 Å². The number of aromatic nitrogens is 5. The number of halogens is 1. The number of carbonyl (C=O) groups excluding carboxylic acids is 1. The summed E-state index contributed by atoms with van der Waals surface area (Å²) in [4.78, 5) is 18.4. The summed E-state index contributed by atoms with van der Waals surface area (Å²) < 4.78 is 43.3. The lowest BCUT2D eigenvalue weighted by atomic mass is 9.65. The molecule has 4 heterocycles. The predicted octanol–water partition coefficient (Wildman–Crippen LogP) is 3.03. The van der Waals surface area contributed by atoms with Gasteiger partial charge in [0, 0.05) is 25.5 Å². The molecule has 1 N–H and O–H groups in total. The van der Waals surface area contributed by atoms with Crippen LogP contribution in [0.3, 0.4) is 0 Å². The highest BCUT2D eigenvalue weighted by molar-refractivity contribution is 7.89. The second kappa shape index (κ2) is 8.32. The van der Waals surface area contributed by atoms with E-state index in [1.54, 1.807) is 47.4 Å². The van der Waals surface area contributed by atoms with Crippen molar-refractivity contribution in [2.24, 2.45) is 5.41 Å². The molecule has 36 heavy (non-hydrogen) atoms. The van der Waals surface area contributed by atoms with Crippen LogP contribution >= 0.6 is 0 Å². The van der Waals surface area contributed by atoms with Crippen molar-refractivity contribution in [1.82, 2.24) is 29.3 Å². The van der Waals surface area contributed by atoms with Gasteiger partial charge in [0.1, 0.15) is 16.4 Å². The Morgan fingerprint density at radius 2 is 1.94 bits per heavy atom. The second-order valence-corrected chi connectivity index (χ2v) is 10.9. The van der Waals surface area contributed by atoms with E-state index in [1.807, 2.05) is 6.08 Å². The lowest BCUT2D eigenvalue weighted by Crippen LogP contribution is -2.53. The molecular formula is C25H21FN6O3S. The van der Waals surface area contributed by atoms with Crippen molar-refractivity contribution < 1.29 is 17.6 Å². The highest BCUT2D eigenvalue weighted by atomic mass is 32.2. The number of H-pyrrole nitrogens is 1. The monoisotopic (exact) mass is 504 g/mol. The SMILES string of the molecule is O=C(c1ccccn1)[C@]12Cc3cnn(-c4ccc(F)cc4)c3C=C1CCN(S(=O)(=O)c1cn[nH]c1)C2. The van der Waals surface area contributed by atoms with Gasteiger partial charge in [-0.05, 0) is 60.9 Å². The summed E-state index contributed by atoms with van der Waals surface area (Å²) >= 11 is 0. The molecule has 11 heteroatoms. The summed E-state index contributed by atoms with van der Waals surface area (Å²) in [6, 6.07) is 11.1. The van der Waals surface area contributed by atoms with Gasteiger partial charge in [0.15, 0.2) is 5.78 Å². The molecule has 3 aromatic heterocycles. The smallest absolute Gasteiger partial charge is 0.246 e. The zero-order chi connectivity index (χ0) is 24.9. The number of carbonyl (C=O) groups is 1. The van der Waals surface area contributed by atoms with E-state index < -0.39 is 15.4 Å². The maximum atomic E-state index is 14.0. The maximum absolute atomic E-state index is 14.0. The number of Topliss-reactive ketones (excluding diaryl/α,β-unsaturated/α-hetero) is 1. The zero-order valence-corrected chi connectivity index (χ0v) is 19.8. The Morgan fingerprint density at radius 1 is 1.11 bits per heavy atom. The van der Waals surface area contributed by atoms with E-state index in [1.165, 1.54) is 28.8 Å². The van der Waals surface area contributed by atoms with Gasteiger partial charge in [-0.2, -0.15) is 14.5 Å². The van der Waals surface area contributed by atoms with Crippen molar-refractivity contribution in [1.29, 1.82) is 0 Å². The first-order valence-corrected chi connectivity index (χ1v) is 12.8. The average Bonchev–Trinajstić information content (AvgIpc) is 3.58. The van der Waals surface area contributed by atoms with Crippen LogP contribution in [0.25, 0.3) is 11.8 Å². The molecule has 9 nitrogen and oxygen atoms in total. The fourth-order valence-corrected chi connectivity index (χ4v) is 6.49. The second-order valence-electron chi connectivity index (χ2n) is 8.94. The maximum Gasteiger partial charge on any atom is 0.246 e. The third-order valence-corrected chi connectivity index (χ3v) is 8.71. The van der Waals surface area contributed by atoms with Gasteiger partial charge >= 0.3 is 0 Å². The highest BCUT2D eigenvalue weighted by Crippen LogP contribution is 2.47. The van der Waals surface area contributed by atoms with Crippen molar-refractivity contribution in [2.75, 3.05) is 13.1 Å². The number of ketones is 1. The van der Waals surface area contributed by atoms with E-state index >= 15 is 0 Å². The molecule has 0 bridgehead atoms. The summed E-state index contributed by atoms with van der Waals surface area (Å²) in [5.41, 5.74) is 2.27. The summed E-state index contributed by atoms with van der Waals surface area (Å²) in [5.74, 6) is -0.578. The van der Waals surface area contributed by atoms with Gasteiger partial charge in [0.25, 0.3) is 0 Å². The van der Waals surface area contributed by atoms with Crippen molar-refractivity contribution in [2.45, 2.75) is 17.7 Å². The molecule has 0 saturated carbocycles. The standard InChI is InChI=1S/C25H21FN6O3S/c26-19-4-6-20(7-5-19)32-23-11-18-8-10-31(36(34,35)21-14-28-29-15-21)16-25(18,12-17(23)13-30-32)24(33)22-3-1-2-9-27-22/h1-7,9,11,13-15H,8,10,12,16H2,(H,28,29)/t25-/m0/s1. The lowest BCUT2D eigenvalue weighted by molar-refractivity contribution is 0.0770. The third kappa shape index (κ3) is 3.50. The Kier molecular flexibility index (Phi) is 5.20. The van der Waals surface area contributed by atoms with Gasteiger partial charge in [-0.15, -0.1) is 0 Å². The molecular weight excluding hydrogens is 483 g/mol. The van der Waals surface area contributed by atoms with Crippen molar-refractivity contribution in [3.05, 3.63) is 95.6 Å². The first-order chi connectivity index (χ1) is 17.4. The van der Waals surface area contributed by atoms with E-state index in [2.05, 4.69) is 20.3 Å². The number of nitrogens with one attached hydrogen (secondary N) is 1. The Labute approximate surface area is 206 Å². The van der Waals surface area contributed by atoms with Crippen LogP contribution in [0.1, 0.15) is 28.2 Å². The largest absolute Gasteiger partial charge is 0.291 e. The molecule has 0 unspecified atom stereocenters. The minimum Gasteiger partial charge on any atom is -0.291 e. The fraction of sp³-hybridized carbons (Fsp3) is 0.200. The Morgan fingerprint density at radius 3 is 2.67 bits per heavy atom. The van der Waals surface area contributed by atoms with E-state index in [0.29, 0.717) is 12.1 Å². The summed E-state index contributed by atoms with van der Waals surface area (Å²) in [6.45, 7) is 0.194. The van der Waals surface area contributed by atoms with Crippen molar-refractivity contribution >= 4 is 21.9 Å². The minimum absolute atomic E-state index is 0.0249. The van der Waals surface area contributed by atoms with Gasteiger partial charge in [-0.25, -0.2) is 17.5 Å². The van der Waals surface area contributed by atoms with Crippen LogP contribution in [0.5, 0.6) is 0 Å². The normalized spacial score (nSPS) is 19.9. The topological polar surface area (TPSA) is 114 Å².